The molecule has 0 aromatic rings. The molecule has 2 fully saturated rings. The molecule has 0 aromatic heterocycles. The van der Waals surface area contributed by atoms with E-state index in [1.54, 1.807) is 0 Å². The standard InChI is InChI=1S/C14H28N2O/c1-4-5-15-14-10-17-9-13(14)8-16(3)7-12-6-11(12)2/h11-15H,4-10H2,1-3H3. The molecule has 3 heteroatoms. The molecule has 0 aromatic carbocycles. The van der Waals surface area contributed by atoms with Gasteiger partial charge in [0.2, 0.25) is 0 Å². The zero-order valence-corrected chi connectivity index (χ0v) is 11.6. The summed E-state index contributed by atoms with van der Waals surface area (Å²) in [6.07, 6.45) is 2.64. The van der Waals surface area contributed by atoms with E-state index in [4.69, 9.17) is 4.74 Å². The van der Waals surface area contributed by atoms with Crippen molar-refractivity contribution in [2.24, 2.45) is 17.8 Å². The minimum absolute atomic E-state index is 0.578. The van der Waals surface area contributed by atoms with Gasteiger partial charge in [0, 0.05) is 25.0 Å². The van der Waals surface area contributed by atoms with Crippen molar-refractivity contribution in [2.45, 2.75) is 32.7 Å². The van der Waals surface area contributed by atoms with Gasteiger partial charge in [0.1, 0.15) is 0 Å². The van der Waals surface area contributed by atoms with Crippen molar-refractivity contribution in [2.75, 3.05) is 39.9 Å². The lowest BCUT2D eigenvalue weighted by atomic mass is 10.0. The van der Waals surface area contributed by atoms with E-state index >= 15 is 0 Å². The number of rotatable bonds is 7. The predicted octanol–water partition coefficient (Wildman–Crippen LogP) is 1.59. The van der Waals surface area contributed by atoms with E-state index in [0.717, 1.165) is 31.6 Å². The third-order valence-electron chi connectivity index (χ3n) is 4.22. The second-order valence-corrected chi connectivity index (χ2v) is 6.05. The fourth-order valence-corrected chi connectivity index (χ4v) is 2.86. The summed E-state index contributed by atoms with van der Waals surface area (Å²) in [7, 11) is 2.26. The molecule has 1 heterocycles. The molecule has 3 nitrogen and oxygen atoms in total. The monoisotopic (exact) mass is 240 g/mol. The third-order valence-corrected chi connectivity index (χ3v) is 4.22. The molecule has 2 aliphatic rings. The second kappa shape index (κ2) is 6.17. The maximum atomic E-state index is 5.62. The van der Waals surface area contributed by atoms with Gasteiger partial charge in [-0.05, 0) is 38.3 Å². The Kier molecular flexibility index (Phi) is 4.83. The van der Waals surface area contributed by atoms with Gasteiger partial charge in [0.25, 0.3) is 0 Å². The molecule has 0 radical (unpaired) electrons. The van der Waals surface area contributed by atoms with Gasteiger partial charge < -0.3 is 15.0 Å². The second-order valence-electron chi connectivity index (χ2n) is 6.05. The Morgan fingerprint density at radius 3 is 2.59 bits per heavy atom. The summed E-state index contributed by atoms with van der Waals surface area (Å²) in [4.78, 5) is 2.51. The molecule has 100 valence electrons. The first-order valence-corrected chi connectivity index (χ1v) is 7.20. The number of hydrogen-bond acceptors (Lipinski definition) is 3. The lowest BCUT2D eigenvalue weighted by Gasteiger charge is -2.24. The predicted molar refractivity (Wildman–Crippen MR) is 71.2 cm³/mol. The van der Waals surface area contributed by atoms with Crippen LogP contribution in [0.25, 0.3) is 0 Å². The van der Waals surface area contributed by atoms with Crippen LogP contribution in [0.15, 0.2) is 0 Å². The number of hydrogen-bond donors (Lipinski definition) is 1. The van der Waals surface area contributed by atoms with Crippen molar-refractivity contribution in [3.05, 3.63) is 0 Å². The summed E-state index contributed by atoms with van der Waals surface area (Å²) in [5, 5.41) is 3.61. The summed E-state index contributed by atoms with van der Waals surface area (Å²) in [5.41, 5.74) is 0. The average Bonchev–Trinajstić information content (AvgIpc) is 2.80. The minimum atomic E-state index is 0.578. The zero-order valence-electron chi connectivity index (χ0n) is 11.6. The van der Waals surface area contributed by atoms with Gasteiger partial charge in [-0.25, -0.2) is 0 Å². The SMILES string of the molecule is CCCNC1COCC1CN(C)CC1CC1C. The summed E-state index contributed by atoms with van der Waals surface area (Å²) in [6.45, 7) is 10.0. The van der Waals surface area contributed by atoms with Crippen LogP contribution in [0.3, 0.4) is 0 Å². The molecule has 1 saturated heterocycles. The molecule has 2 rings (SSSR count). The van der Waals surface area contributed by atoms with Crippen LogP contribution in [-0.2, 0) is 4.74 Å². The van der Waals surface area contributed by atoms with E-state index in [1.807, 2.05) is 0 Å². The van der Waals surface area contributed by atoms with E-state index in [0.29, 0.717) is 12.0 Å². The van der Waals surface area contributed by atoms with Crippen LogP contribution in [0.1, 0.15) is 26.7 Å². The first-order valence-electron chi connectivity index (χ1n) is 7.20. The maximum Gasteiger partial charge on any atom is 0.0623 e. The molecular formula is C14H28N2O. The van der Waals surface area contributed by atoms with E-state index in [9.17, 15) is 0 Å². The summed E-state index contributed by atoms with van der Waals surface area (Å²) in [6, 6.07) is 0.578. The van der Waals surface area contributed by atoms with E-state index in [2.05, 4.69) is 31.1 Å². The van der Waals surface area contributed by atoms with Crippen LogP contribution in [0.5, 0.6) is 0 Å². The molecule has 1 N–H and O–H groups in total. The van der Waals surface area contributed by atoms with Crippen LogP contribution in [0.2, 0.25) is 0 Å². The van der Waals surface area contributed by atoms with Gasteiger partial charge in [-0.3, -0.25) is 0 Å². The fourth-order valence-electron chi connectivity index (χ4n) is 2.86. The molecule has 1 aliphatic carbocycles. The molecule has 4 unspecified atom stereocenters. The molecule has 17 heavy (non-hydrogen) atoms. The highest BCUT2D eigenvalue weighted by Crippen LogP contribution is 2.38. The Bertz CT molecular complexity index is 234. The normalized spacial score (nSPS) is 36.7. The van der Waals surface area contributed by atoms with Gasteiger partial charge in [-0.1, -0.05) is 13.8 Å². The highest BCUT2D eigenvalue weighted by atomic mass is 16.5. The average molecular weight is 240 g/mol. The lowest BCUT2D eigenvalue weighted by Crippen LogP contribution is -2.41. The van der Waals surface area contributed by atoms with Crippen LogP contribution in [-0.4, -0.2) is 50.8 Å². The summed E-state index contributed by atoms with van der Waals surface area (Å²) in [5.74, 6) is 2.61. The van der Waals surface area contributed by atoms with Crippen LogP contribution in [0.4, 0.5) is 0 Å². The van der Waals surface area contributed by atoms with Gasteiger partial charge in [0.15, 0.2) is 0 Å². The number of nitrogens with one attached hydrogen (secondary N) is 1. The van der Waals surface area contributed by atoms with Gasteiger partial charge in [-0.2, -0.15) is 0 Å². The van der Waals surface area contributed by atoms with E-state index in [-0.39, 0.29) is 0 Å². The van der Waals surface area contributed by atoms with Crippen molar-refractivity contribution in [1.29, 1.82) is 0 Å². The van der Waals surface area contributed by atoms with Crippen molar-refractivity contribution >= 4 is 0 Å². The Hall–Kier alpha value is -0.120. The fraction of sp³-hybridized carbons (Fsp3) is 1.00. The van der Waals surface area contributed by atoms with Gasteiger partial charge >= 0.3 is 0 Å². The Balaban J connectivity index is 1.68. The smallest absolute Gasteiger partial charge is 0.0623 e. The lowest BCUT2D eigenvalue weighted by molar-refractivity contribution is 0.172. The summed E-state index contributed by atoms with van der Waals surface area (Å²) >= 11 is 0. The van der Waals surface area contributed by atoms with Crippen molar-refractivity contribution in [1.82, 2.24) is 10.2 Å². The molecule has 0 spiro atoms. The third kappa shape index (κ3) is 3.94. The van der Waals surface area contributed by atoms with Crippen molar-refractivity contribution < 1.29 is 4.74 Å². The molecule has 0 amide bonds. The Labute approximate surface area is 106 Å². The molecule has 4 atom stereocenters. The quantitative estimate of drug-likeness (QED) is 0.731. The van der Waals surface area contributed by atoms with E-state index < -0.39 is 0 Å². The van der Waals surface area contributed by atoms with Gasteiger partial charge in [0.05, 0.1) is 13.2 Å². The topological polar surface area (TPSA) is 24.5 Å². The Morgan fingerprint density at radius 2 is 1.94 bits per heavy atom. The highest BCUT2D eigenvalue weighted by molar-refractivity contribution is 4.87. The van der Waals surface area contributed by atoms with Crippen LogP contribution in [0, 0.1) is 17.8 Å². The van der Waals surface area contributed by atoms with Gasteiger partial charge in [-0.15, -0.1) is 0 Å². The molecule has 1 aliphatic heterocycles. The van der Waals surface area contributed by atoms with Crippen molar-refractivity contribution in [3.8, 4) is 0 Å². The largest absolute Gasteiger partial charge is 0.379 e. The molecule has 1 saturated carbocycles. The molecule has 0 bridgehead atoms. The summed E-state index contributed by atoms with van der Waals surface area (Å²) < 4.78 is 5.62. The van der Waals surface area contributed by atoms with Crippen LogP contribution >= 0.6 is 0 Å². The maximum absolute atomic E-state index is 5.62. The van der Waals surface area contributed by atoms with E-state index in [1.165, 1.54) is 25.9 Å². The van der Waals surface area contributed by atoms with Crippen molar-refractivity contribution in [3.63, 3.8) is 0 Å². The zero-order chi connectivity index (χ0) is 12.3. The first-order chi connectivity index (χ1) is 8.20. The minimum Gasteiger partial charge on any atom is -0.379 e. The number of ether oxygens (including phenoxy) is 1. The first kappa shape index (κ1) is 13.3. The highest BCUT2D eigenvalue weighted by Gasteiger charge is 2.34. The Morgan fingerprint density at radius 1 is 1.24 bits per heavy atom. The molecular weight excluding hydrogens is 212 g/mol. The van der Waals surface area contributed by atoms with Crippen LogP contribution < -0.4 is 5.32 Å². The number of nitrogens with zero attached hydrogens (tertiary/aromatic N) is 1.